The third kappa shape index (κ3) is 2.01. The average Bonchev–Trinajstić information content (AvgIpc) is 2.10. The quantitative estimate of drug-likeness (QED) is 0.732. The highest BCUT2D eigenvalue weighted by molar-refractivity contribution is 5.42. The Morgan fingerprint density at radius 2 is 1.85 bits per heavy atom. The molecule has 0 saturated carbocycles. The maximum Gasteiger partial charge on any atom is 0.120 e. The highest BCUT2D eigenvalue weighted by Gasteiger charge is 2.09. The number of rotatable bonds is 2. The predicted molar refractivity (Wildman–Crippen MR) is 54.8 cm³/mol. The molecule has 0 aromatic heterocycles. The number of benzene rings is 1. The Balaban J connectivity index is 3.15. The molecule has 1 unspecified atom stereocenters. The minimum Gasteiger partial charge on any atom is -0.508 e. The number of hydrogen-bond donors (Lipinski definition) is 2. The molecule has 0 saturated heterocycles. The van der Waals surface area contributed by atoms with Crippen molar-refractivity contribution >= 4 is 0 Å². The van der Waals surface area contributed by atoms with Crippen molar-refractivity contribution in [3.63, 3.8) is 0 Å². The summed E-state index contributed by atoms with van der Waals surface area (Å²) in [6.07, 6.45) is 0.843. The zero-order valence-electron chi connectivity index (χ0n) is 8.46. The van der Waals surface area contributed by atoms with Gasteiger partial charge < -0.3 is 10.8 Å². The van der Waals surface area contributed by atoms with Gasteiger partial charge in [-0.3, -0.25) is 0 Å². The van der Waals surface area contributed by atoms with Crippen LogP contribution in [0.5, 0.6) is 5.75 Å². The van der Waals surface area contributed by atoms with Crippen molar-refractivity contribution in [2.45, 2.75) is 33.2 Å². The largest absolute Gasteiger partial charge is 0.508 e. The third-order valence-corrected chi connectivity index (χ3v) is 2.48. The molecule has 13 heavy (non-hydrogen) atoms. The smallest absolute Gasteiger partial charge is 0.120 e. The summed E-state index contributed by atoms with van der Waals surface area (Å²) in [6, 6.07) is 3.69. The van der Waals surface area contributed by atoms with E-state index in [1.54, 1.807) is 6.07 Å². The van der Waals surface area contributed by atoms with Crippen LogP contribution < -0.4 is 5.73 Å². The highest BCUT2D eigenvalue weighted by Crippen LogP contribution is 2.27. The molecule has 0 spiro atoms. The van der Waals surface area contributed by atoms with Crippen LogP contribution in [0, 0.1) is 13.8 Å². The van der Waals surface area contributed by atoms with E-state index in [4.69, 9.17) is 5.73 Å². The van der Waals surface area contributed by atoms with Crippen molar-refractivity contribution in [2.75, 3.05) is 0 Å². The molecule has 2 nitrogen and oxygen atoms in total. The van der Waals surface area contributed by atoms with E-state index in [-0.39, 0.29) is 6.04 Å². The van der Waals surface area contributed by atoms with Gasteiger partial charge >= 0.3 is 0 Å². The molecule has 0 heterocycles. The lowest BCUT2D eigenvalue weighted by Crippen LogP contribution is -2.09. The van der Waals surface area contributed by atoms with Crippen LogP contribution >= 0.6 is 0 Å². The summed E-state index contributed by atoms with van der Waals surface area (Å²) < 4.78 is 0. The van der Waals surface area contributed by atoms with E-state index in [2.05, 4.69) is 0 Å². The van der Waals surface area contributed by atoms with Gasteiger partial charge in [0.2, 0.25) is 0 Å². The van der Waals surface area contributed by atoms with Crippen LogP contribution in [0.15, 0.2) is 12.1 Å². The first-order valence-electron chi connectivity index (χ1n) is 4.62. The summed E-state index contributed by atoms with van der Waals surface area (Å²) in [4.78, 5) is 0. The van der Waals surface area contributed by atoms with Gasteiger partial charge in [0.1, 0.15) is 5.75 Å². The number of aryl methyl sites for hydroxylation is 2. The van der Waals surface area contributed by atoms with Gasteiger partial charge in [-0.05, 0) is 37.5 Å². The van der Waals surface area contributed by atoms with E-state index in [0.717, 1.165) is 17.5 Å². The molecule has 0 amide bonds. The molecule has 2 heteroatoms. The summed E-state index contributed by atoms with van der Waals surface area (Å²) in [5, 5.41) is 9.64. The minimum absolute atomic E-state index is 0.0562. The molecule has 0 bridgehead atoms. The zero-order valence-corrected chi connectivity index (χ0v) is 8.46. The van der Waals surface area contributed by atoms with Gasteiger partial charge in [-0.15, -0.1) is 0 Å². The van der Waals surface area contributed by atoms with Crippen LogP contribution in [0.2, 0.25) is 0 Å². The van der Waals surface area contributed by atoms with Gasteiger partial charge in [0, 0.05) is 11.6 Å². The summed E-state index contributed by atoms with van der Waals surface area (Å²) in [5.41, 5.74) is 8.99. The van der Waals surface area contributed by atoms with Gasteiger partial charge in [-0.1, -0.05) is 13.0 Å². The fraction of sp³-hybridized carbons (Fsp3) is 0.455. The van der Waals surface area contributed by atoms with Crippen molar-refractivity contribution < 1.29 is 5.11 Å². The second-order valence-electron chi connectivity index (χ2n) is 3.51. The van der Waals surface area contributed by atoms with Crippen LogP contribution in [0.1, 0.15) is 36.1 Å². The average molecular weight is 179 g/mol. The van der Waals surface area contributed by atoms with Gasteiger partial charge in [0.05, 0.1) is 0 Å². The van der Waals surface area contributed by atoms with Crippen LogP contribution in [0.4, 0.5) is 0 Å². The maximum atomic E-state index is 9.64. The Morgan fingerprint density at radius 1 is 1.31 bits per heavy atom. The minimum atomic E-state index is -0.0562. The standard InChI is InChI=1S/C11H17NO/c1-4-10(12)9-5-7(2)8(3)6-11(9)13/h5-6,10,13H,4,12H2,1-3H3. The molecule has 1 atom stereocenters. The lowest BCUT2D eigenvalue weighted by molar-refractivity contribution is 0.459. The van der Waals surface area contributed by atoms with Crippen molar-refractivity contribution in [3.05, 3.63) is 28.8 Å². The molecule has 0 aliphatic heterocycles. The molecule has 1 aromatic rings. The zero-order chi connectivity index (χ0) is 10.0. The molecular weight excluding hydrogens is 162 g/mol. The summed E-state index contributed by atoms with van der Waals surface area (Å²) in [7, 11) is 0. The number of hydrogen-bond acceptors (Lipinski definition) is 2. The SMILES string of the molecule is CCC(N)c1cc(C)c(C)cc1O. The summed E-state index contributed by atoms with van der Waals surface area (Å²) >= 11 is 0. The second kappa shape index (κ2) is 3.79. The number of aromatic hydroxyl groups is 1. The monoisotopic (exact) mass is 179 g/mol. The topological polar surface area (TPSA) is 46.2 Å². The molecule has 0 aliphatic carbocycles. The number of phenolic OH excluding ortho intramolecular Hbond substituents is 1. The van der Waals surface area contributed by atoms with Crippen LogP contribution in [-0.2, 0) is 0 Å². The summed E-state index contributed by atoms with van der Waals surface area (Å²) in [5.74, 6) is 0.317. The Morgan fingerprint density at radius 3 is 2.38 bits per heavy atom. The highest BCUT2D eigenvalue weighted by atomic mass is 16.3. The molecule has 3 N–H and O–H groups in total. The fourth-order valence-electron chi connectivity index (χ4n) is 1.34. The van der Waals surface area contributed by atoms with E-state index < -0.39 is 0 Å². The predicted octanol–water partition coefficient (Wildman–Crippen LogP) is 2.42. The molecule has 1 rings (SSSR count). The third-order valence-electron chi connectivity index (χ3n) is 2.48. The molecule has 0 radical (unpaired) electrons. The van der Waals surface area contributed by atoms with Crippen molar-refractivity contribution in [1.29, 1.82) is 0 Å². The van der Waals surface area contributed by atoms with E-state index in [1.807, 2.05) is 26.8 Å². The molecule has 0 aliphatic rings. The Bertz CT molecular complexity index is 307. The van der Waals surface area contributed by atoms with Gasteiger partial charge in [0.15, 0.2) is 0 Å². The first-order chi connectivity index (χ1) is 6.06. The Kier molecular flexibility index (Phi) is 2.94. The first kappa shape index (κ1) is 10.1. The van der Waals surface area contributed by atoms with Gasteiger partial charge in [-0.25, -0.2) is 0 Å². The first-order valence-corrected chi connectivity index (χ1v) is 4.62. The lowest BCUT2D eigenvalue weighted by atomic mass is 9.99. The molecule has 1 aromatic carbocycles. The van der Waals surface area contributed by atoms with E-state index in [0.29, 0.717) is 5.75 Å². The van der Waals surface area contributed by atoms with E-state index in [9.17, 15) is 5.11 Å². The second-order valence-corrected chi connectivity index (χ2v) is 3.51. The Hall–Kier alpha value is -1.02. The Labute approximate surface area is 79.4 Å². The molecular formula is C11H17NO. The maximum absolute atomic E-state index is 9.64. The fourth-order valence-corrected chi connectivity index (χ4v) is 1.34. The van der Waals surface area contributed by atoms with Gasteiger partial charge in [0.25, 0.3) is 0 Å². The lowest BCUT2D eigenvalue weighted by Gasteiger charge is -2.13. The number of nitrogens with two attached hydrogens (primary N) is 1. The molecule has 0 fully saturated rings. The van der Waals surface area contributed by atoms with E-state index in [1.165, 1.54) is 5.56 Å². The van der Waals surface area contributed by atoms with Crippen molar-refractivity contribution in [1.82, 2.24) is 0 Å². The van der Waals surface area contributed by atoms with Gasteiger partial charge in [-0.2, -0.15) is 0 Å². The molecule has 72 valence electrons. The van der Waals surface area contributed by atoms with Crippen LogP contribution in [0.3, 0.4) is 0 Å². The van der Waals surface area contributed by atoms with Crippen molar-refractivity contribution in [2.24, 2.45) is 5.73 Å². The summed E-state index contributed by atoms with van der Waals surface area (Å²) in [6.45, 7) is 6.02. The normalized spacial score (nSPS) is 12.9. The van der Waals surface area contributed by atoms with Crippen molar-refractivity contribution in [3.8, 4) is 5.75 Å². The van der Waals surface area contributed by atoms with Crippen LogP contribution in [0.25, 0.3) is 0 Å². The number of phenols is 1. The van der Waals surface area contributed by atoms with E-state index >= 15 is 0 Å². The van der Waals surface area contributed by atoms with Crippen LogP contribution in [-0.4, -0.2) is 5.11 Å².